The van der Waals surface area contributed by atoms with Gasteiger partial charge >= 0.3 is 5.97 Å². The molecule has 0 aromatic rings. The molecule has 1 rings (SSSR count). The molecule has 3 heteroatoms. The van der Waals surface area contributed by atoms with Gasteiger partial charge in [0.2, 0.25) is 0 Å². The number of halogens is 1. The van der Waals surface area contributed by atoms with Crippen molar-refractivity contribution in [2.24, 2.45) is 11.3 Å². The van der Waals surface area contributed by atoms with E-state index >= 15 is 0 Å². The number of carbonyl (C=O) groups excluding carboxylic acids is 1. The van der Waals surface area contributed by atoms with Crippen LogP contribution in [-0.2, 0) is 9.53 Å². The van der Waals surface area contributed by atoms with Gasteiger partial charge in [0, 0.05) is 0 Å². The lowest BCUT2D eigenvalue weighted by Gasteiger charge is -2.03. The van der Waals surface area contributed by atoms with E-state index in [1.807, 2.05) is 6.08 Å². The van der Waals surface area contributed by atoms with Crippen LogP contribution in [0.5, 0.6) is 0 Å². The molecule has 0 spiro atoms. The molecule has 1 aliphatic rings. The highest BCUT2D eigenvalue weighted by Gasteiger charge is 2.44. The summed E-state index contributed by atoms with van der Waals surface area (Å²) in [5.74, 6) is 0.0524. The molecule has 0 bridgehead atoms. The average molecular weight is 231 g/mol. The third-order valence-electron chi connectivity index (χ3n) is 2.86. The Labute approximate surface area is 96.6 Å². The number of carbonyl (C=O) groups is 1. The smallest absolute Gasteiger partial charge is 0.349 e. The molecular formula is C12H19ClO2. The minimum atomic E-state index is -0.382. The van der Waals surface area contributed by atoms with Crippen LogP contribution in [0, 0.1) is 11.3 Å². The summed E-state index contributed by atoms with van der Waals surface area (Å²) < 4.78 is 5.00. The number of unbranched alkanes of at least 4 members (excludes halogenated alkanes) is 1. The number of ether oxygens (including phenoxy) is 1. The van der Waals surface area contributed by atoms with Gasteiger partial charge in [-0.2, -0.15) is 0 Å². The van der Waals surface area contributed by atoms with Crippen LogP contribution in [0.1, 0.15) is 40.0 Å². The van der Waals surface area contributed by atoms with Crippen molar-refractivity contribution in [1.29, 1.82) is 0 Å². The van der Waals surface area contributed by atoms with Gasteiger partial charge in [-0.05, 0) is 24.2 Å². The van der Waals surface area contributed by atoms with Gasteiger partial charge < -0.3 is 4.74 Å². The summed E-state index contributed by atoms with van der Waals surface area (Å²) in [6, 6.07) is 0. The summed E-state index contributed by atoms with van der Waals surface area (Å²) in [6.07, 6.45) is 4.84. The van der Waals surface area contributed by atoms with Gasteiger partial charge in [0.1, 0.15) is 5.03 Å². The average Bonchev–Trinajstić information content (AvgIpc) is 2.73. The maximum atomic E-state index is 11.4. The first-order valence-electron chi connectivity index (χ1n) is 5.52. The van der Waals surface area contributed by atoms with Crippen LogP contribution in [0.4, 0.5) is 0 Å². The first-order chi connectivity index (χ1) is 6.97. The molecular weight excluding hydrogens is 212 g/mol. The summed E-state index contributed by atoms with van der Waals surface area (Å²) in [7, 11) is 0. The molecule has 0 aromatic carbocycles. The maximum Gasteiger partial charge on any atom is 0.349 e. The van der Waals surface area contributed by atoms with E-state index in [9.17, 15) is 4.79 Å². The highest BCUT2D eigenvalue weighted by molar-refractivity contribution is 6.41. The van der Waals surface area contributed by atoms with Gasteiger partial charge in [-0.3, -0.25) is 0 Å². The second kappa shape index (κ2) is 5.02. The fourth-order valence-corrected chi connectivity index (χ4v) is 1.62. The van der Waals surface area contributed by atoms with E-state index in [1.165, 1.54) is 0 Å². The van der Waals surface area contributed by atoms with Gasteiger partial charge in [-0.25, -0.2) is 4.79 Å². The van der Waals surface area contributed by atoms with Crippen LogP contribution in [-0.4, -0.2) is 12.6 Å². The van der Waals surface area contributed by atoms with Crippen LogP contribution < -0.4 is 0 Å². The zero-order valence-electron chi connectivity index (χ0n) is 9.68. The van der Waals surface area contributed by atoms with Crippen LogP contribution in [0.3, 0.4) is 0 Å². The van der Waals surface area contributed by atoms with E-state index in [0.717, 1.165) is 19.3 Å². The number of rotatable bonds is 5. The third-order valence-corrected chi connectivity index (χ3v) is 3.14. The summed E-state index contributed by atoms with van der Waals surface area (Å²) in [5.41, 5.74) is 0.309. The van der Waals surface area contributed by atoms with Crippen molar-refractivity contribution in [2.75, 3.05) is 6.61 Å². The fraction of sp³-hybridized carbons (Fsp3) is 0.750. The molecule has 0 aromatic heterocycles. The predicted molar refractivity (Wildman–Crippen MR) is 61.7 cm³/mol. The molecule has 0 heterocycles. The molecule has 0 N–H and O–H groups in total. The molecule has 1 atom stereocenters. The van der Waals surface area contributed by atoms with Crippen molar-refractivity contribution < 1.29 is 9.53 Å². The quantitative estimate of drug-likeness (QED) is 0.411. The molecule has 0 aliphatic heterocycles. The summed E-state index contributed by atoms with van der Waals surface area (Å²) in [5, 5.41) is 0.238. The van der Waals surface area contributed by atoms with Gasteiger partial charge in [-0.15, -0.1) is 0 Å². The minimum Gasteiger partial charge on any atom is -0.461 e. The zero-order chi connectivity index (χ0) is 11.5. The molecule has 0 radical (unpaired) electrons. The Morgan fingerprint density at radius 2 is 2.20 bits per heavy atom. The second-order valence-electron chi connectivity index (χ2n) is 4.80. The minimum absolute atomic E-state index is 0.238. The molecule has 1 aliphatic carbocycles. The van der Waals surface area contributed by atoms with Gasteiger partial charge in [0.25, 0.3) is 0 Å². The van der Waals surface area contributed by atoms with Crippen molar-refractivity contribution >= 4 is 17.6 Å². The molecule has 0 amide bonds. The molecule has 1 fully saturated rings. The number of hydrogen-bond acceptors (Lipinski definition) is 2. The SMILES string of the molecule is CCCCOC(=O)C(Cl)=CC1CC1(C)C. The third kappa shape index (κ3) is 3.86. The van der Waals surface area contributed by atoms with Crippen molar-refractivity contribution in [3.8, 4) is 0 Å². The van der Waals surface area contributed by atoms with Crippen molar-refractivity contribution in [2.45, 2.75) is 40.0 Å². The molecule has 2 nitrogen and oxygen atoms in total. The molecule has 1 saturated carbocycles. The van der Waals surface area contributed by atoms with Gasteiger partial charge in [0.15, 0.2) is 0 Å². The highest BCUT2D eigenvalue weighted by Crippen LogP contribution is 2.53. The molecule has 0 saturated heterocycles. The topological polar surface area (TPSA) is 26.3 Å². The Hall–Kier alpha value is -0.500. The first kappa shape index (κ1) is 12.6. The Balaban J connectivity index is 2.33. The zero-order valence-corrected chi connectivity index (χ0v) is 10.4. The van der Waals surface area contributed by atoms with E-state index in [1.54, 1.807) is 0 Å². The molecule has 1 unspecified atom stereocenters. The lowest BCUT2D eigenvalue weighted by Crippen LogP contribution is -2.06. The lowest BCUT2D eigenvalue weighted by molar-refractivity contribution is -0.138. The number of esters is 1. The highest BCUT2D eigenvalue weighted by atomic mass is 35.5. The van der Waals surface area contributed by atoms with Crippen LogP contribution in [0.15, 0.2) is 11.1 Å². The van der Waals surface area contributed by atoms with E-state index in [-0.39, 0.29) is 11.0 Å². The van der Waals surface area contributed by atoms with Crippen LogP contribution in [0.2, 0.25) is 0 Å². The Bertz CT molecular complexity index is 269. The molecule has 86 valence electrons. The lowest BCUT2D eigenvalue weighted by atomic mass is 10.1. The Morgan fingerprint density at radius 3 is 2.67 bits per heavy atom. The van der Waals surface area contributed by atoms with E-state index < -0.39 is 0 Å². The van der Waals surface area contributed by atoms with Gasteiger partial charge in [-0.1, -0.05) is 44.9 Å². The fourth-order valence-electron chi connectivity index (χ4n) is 1.42. The van der Waals surface area contributed by atoms with E-state index in [2.05, 4.69) is 20.8 Å². The largest absolute Gasteiger partial charge is 0.461 e. The Morgan fingerprint density at radius 1 is 1.60 bits per heavy atom. The van der Waals surface area contributed by atoms with E-state index in [0.29, 0.717) is 17.9 Å². The van der Waals surface area contributed by atoms with Crippen molar-refractivity contribution in [3.05, 3.63) is 11.1 Å². The van der Waals surface area contributed by atoms with Crippen molar-refractivity contribution in [1.82, 2.24) is 0 Å². The van der Waals surface area contributed by atoms with Crippen LogP contribution in [0.25, 0.3) is 0 Å². The summed E-state index contributed by atoms with van der Waals surface area (Å²) >= 11 is 5.86. The summed E-state index contributed by atoms with van der Waals surface area (Å²) in [6.45, 7) is 6.85. The molecule has 15 heavy (non-hydrogen) atoms. The van der Waals surface area contributed by atoms with Crippen molar-refractivity contribution in [3.63, 3.8) is 0 Å². The Kier molecular flexibility index (Phi) is 4.21. The summed E-state index contributed by atoms with van der Waals surface area (Å²) in [4.78, 5) is 11.4. The predicted octanol–water partition coefficient (Wildman–Crippen LogP) is 3.50. The normalized spacial score (nSPS) is 23.7. The van der Waals surface area contributed by atoms with Crippen LogP contribution >= 0.6 is 11.6 Å². The monoisotopic (exact) mass is 230 g/mol. The van der Waals surface area contributed by atoms with Gasteiger partial charge in [0.05, 0.1) is 6.61 Å². The second-order valence-corrected chi connectivity index (χ2v) is 5.21. The van der Waals surface area contributed by atoms with E-state index in [4.69, 9.17) is 16.3 Å². The first-order valence-corrected chi connectivity index (χ1v) is 5.89. The number of hydrogen-bond donors (Lipinski definition) is 0. The maximum absolute atomic E-state index is 11.4. The standard InChI is InChI=1S/C12H19ClO2/c1-4-5-6-15-11(14)10(13)7-9-8-12(9,2)3/h7,9H,4-6,8H2,1-3H3. The number of allylic oxidation sites excluding steroid dienone is 1.